The van der Waals surface area contributed by atoms with Crippen molar-refractivity contribution in [3.05, 3.63) is 70.5 Å². The van der Waals surface area contributed by atoms with E-state index in [0.29, 0.717) is 23.4 Å². The lowest BCUT2D eigenvalue weighted by Crippen LogP contribution is -2.48. The zero-order valence-corrected chi connectivity index (χ0v) is 23.7. The van der Waals surface area contributed by atoms with Crippen LogP contribution in [0.4, 0.5) is 18.0 Å². The fourth-order valence-electron chi connectivity index (χ4n) is 4.13. The van der Waals surface area contributed by atoms with Gasteiger partial charge in [0, 0.05) is 37.4 Å². The molecule has 1 heterocycles. The van der Waals surface area contributed by atoms with Gasteiger partial charge in [0.2, 0.25) is 5.91 Å². The molecule has 3 N–H and O–H groups in total. The van der Waals surface area contributed by atoms with Gasteiger partial charge in [-0.15, -0.1) is 11.8 Å². The Morgan fingerprint density at radius 2 is 1.68 bits per heavy atom. The van der Waals surface area contributed by atoms with E-state index in [4.69, 9.17) is 9.84 Å². The Bertz CT molecular complexity index is 1290. The van der Waals surface area contributed by atoms with Crippen LogP contribution < -0.4 is 10.6 Å². The minimum Gasteiger partial charge on any atom is -0.481 e. The van der Waals surface area contributed by atoms with Crippen molar-refractivity contribution in [1.29, 1.82) is 0 Å². The summed E-state index contributed by atoms with van der Waals surface area (Å²) in [7, 11) is 0. The number of carbonyl (C=O) groups is 4. The predicted octanol–water partition coefficient (Wildman–Crippen LogP) is 3.77. The molecule has 1 fully saturated rings. The fourth-order valence-corrected chi connectivity index (χ4v) is 5.29. The number of hydrogen-bond donors (Lipinski definition) is 3. The first-order valence-electron chi connectivity index (χ1n) is 12.8. The second-order valence-electron chi connectivity index (χ2n) is 10.5. The number of rotatable bonds is 10. The van der Waals surface area contributed by atoms with Gasteiger partial charge in [0.25, 0.3) is 5.91 Å². The highest BCUT2D eigenvalue weighted by Crippen LogP contribution is 2.26. The molecule has 1 saturated heterocycles. The van der Waals surface area contributed by atoms with E-state index < -0.39 is 58.3 Å². The number of halogens is 3. The van der Waals surface area contributed by atoms with Gasteiger partial charge in [-0.25, -0.2) is 18.0 Å². The summed E-state index contributed by atoms with van der Waals surface area (Å²) in [4.78, 5) is 50.9. The van der Waals surface area contributed by atoms with E-state index in [9.17, 15) is 32.3 Å². The molecule has 41 heavy (non-hydrogen) atoms. The van der Waals surface area contributed by atoms with Crippen LogP contribution in [0.2, 0.25) is 0 Å². The van der Waals surface area contributed by atoms with Crippen molar-refractivity contribution in [2.24, 2.45) is 0 Å². The smallest absolute Gasteiger partial charge is 0.407 e. The van der Waals surface area contributed by atoms with Crippen LogP contribution in [0.3, 0.4) is 0 Å². The Kier molecular flexibility index (Phi) is 10.7. The van der Waals surface area contributed by atoms with Gasteiger partial charge >= 0.3 is 12.1 Å². The summed E-state index contributed by atoms with van der Waals surface area (Å²) in [6.07, 6.45) is -1.68. The number of thioether (sulfide) groups is 1. The number of nitrogens with one attached hydrogen (secondary N) is 2. The number of ether oxygens (including phenoxy) is 1. The number of benzene rings is 2. The molecule has 0 aliphatic carbocycles. The summed E-state index contributed by atoms with van der Waals surface area (Å²) < 4.78 is 46.9. The van der Waals surface area contributed by atoms with Crippen LogP contribution >= 0.6 is 11.8 Å². The van der Waals surface area contributed by atoms with Crippen molar-refractivity contribution in [2.45, 2.75) is 63.6 Å². The lowest BCUT2D eigenvalue weighted by atomic mass is 10.0. The first-order valence-corrected chi connectivity index (χ1v) is 13.9. The van der Waals surface area contributed by atoms with E-state index in [1.165, 1.54) is 16.7 Å². The van der Waals surface area contributed by atoms with Crippen LogP contribution in [0.25, 0.3) is 0 Å². The summed E-state index contributed by atoms with van der Waals surface area (Å²) in [5.74, 6) is -5.05. The number of amides is 3. The minimum atomic E-state index is -1.36. The van der Waals surface area contributed by atoms with E-state index in [-0.39, 0.29) is 37.9 Å². The maximum absolute atomic E-state index is 14.4. The molecule has 9 nitrogen and oxygen atoms in total. The van der Waals surface area contributed by atoms with Crippen LogP contribution in [-0.4, -0.2) is 63.2 Å². The molecule has 2 atom stereocenters. The molecular formula is C28H32F3N3O6S. The zero-order chi connectivity index (χ0) is 30.3. The Morgan fingerprint density at radius 3 is 2.32 bits per heavy atom. The van der Waals surface area contributed by atoms with Gasteiger partial charge in [0.1, 0.15) is 11.4 Å². The first kappa shape index (κ1) is 31.8. The molecule has 13 heteroatoms. The van der Waals surface area contributed by atoms with E-state index in [2.05, 4.69) is 10.6 Å². The summed E-state index contributed by atoms with van der Waals surface area (Å²) in [5, 5.41) is 13.3. The van der Waals surface area contributed by atoms with E-state index in [1.807, 2.05) is 0 Å². The van der Waals surface area contributed by atoms with Crippen LogP contribution in [-0.2, 0) is 38.5 Å². The van der Waals surface area contributed by atoms with E-state index in [1.54, 1.807) is 45.0 Å². The number of carboxylic acids is 1. The molecule has 0 radical (unpaired) electrons. The van der Waals surface area contributed by atoms with Crippen LogP contribution in [0, 0.1) is 17.5 Å². The quantitative estimate of drug-likeness (QED) is 0.357. The number of aliphatic carboxylic acids is 1. The number of carbonyl (C=O) groups excluding carboxylic acids is 3. The molecule has 0 saturated carbocycles. The molecule has 1 aliphatic heterocycles. The largest absolute Gasteiger partial charge is 0.481 e. The second-order valence-corrected chi connectivity index (χ2v) is 11.7. The third-order valence-electron chi connectivity index (χ3n) is 5.98. The lowest BCUT2D eigenvalue weighted by Gasteiger charge is -2.27. The molecule has 0 aromatic heterocycles. The van der Waals surface area contributed by atoms with Crippen molar-refractivity contribution in [2.75, 3.05) is 12.3 Å². The molecule has 1 unspecified atom stereocenters. The Morgan fingerprint density at radius 1 is 1.05 bits per heavy atom. The monoisotopic (exact) mass is 595 g/mol. The van der Waals surface area contributed by atoms with Gasteiger partial charge in [0.05, 0.1) is 6.42 Å². The summed E-state index contributed by atoms with van der Waals surface area (Å²) >= 11 is 1.25. The number of alkyl carbamates (subject to hydrolysis) is 1. The highest BCUT2D eigenvalue weighted by Gasteiger charge is 2.36. The molecule has 1 aliphatic rings. The van der Waals surface area contributed by atoms with Crippen molar-refractivity contribution in [3.63, 3.8) is 0 Å². The molecule has 222 valence electrons. The SMILES string of the molecule is CC(C)(C)OC(=O)N[C@@H](CC(=O)N1CCSC1C(=O)NCc1ccc(CC(=O)O)cc1)Cc1cc(F)c(F)cc1F. The highest BCUT2D eigenvalue weighted by atomic mass is 32.2. The van der Waals surface area contributed by atoms with Gasteiger partial charge in [-0.3, -0.25) is 14.4 Å². The standard InChI is InChI=1S/C28H32F3N3O6S/c1-28(2,3)40-27(39)33-19(11-18-12-21(30)22(31)14-20(18)29)13-23(35)34-8-9-41-26(34)25(38)32-15-17-6-4-16(5-7-17)10-24(36)37/h4-7,12,14,19,26H,8-11,13,15H2,1-3H3,(H,32,38)(H,33,39)(H,36,37)/t19-,26?/m1/s1. The average Bonchev–Trinajstić information content (AvgIpc) is 3.35. The third kappa shape index (κ3) is 9.69. The molecule has 3 amide bonds. The van der Waals surface area contributed by atoms with E-state index >= 15 is 0 Å². The van der Waals surface area contributed by atoms with Crippen molar-refractivity contribution < 1.29 is 42.2 Å². The van der Waals surface area contributed by atoms with Crippen LogP contribution in [0.15, 0.2) is 36.4 Å². The summed E-state index contributed by atoms with van der Waals surface area (Å²) in [6, 6.07) is 6.74. The van der Waals surface area contributed by atoms with Crippen molar-refractivity contribution in [3.8, 4) is 0 Å². The van der Waals surface area contributed by atoms with Crippen LogP contribution in [0.5, 0.6) is 0 Å². The van der Waals surface area contributed by atoms with Gasteiger partial charge in [0.15, 0.2) is 17.0 Å². The highest BCUT2D eigenvalue weighted by molar-refractivity contribution is 8.00. The van der Waals surface area contributed by atoms with Crippen molar-refractivity contribution in [1.82, 2.24) is 15.5 Å². The Hall–Kier alpha value is -3.74. The molecule has 0 bridgehead atoms. The predicted molar refractivity (Wildman–Crippen MR) is 145 cm³/mol. The third-order valence-corrected chi connectivity index (χ3v) is 7.18. The molecule has 0 spiro atoms. The Labute approximate surface area is 239 Å². The first-order chi connectivity index (χ1) is 19.2. The molecule has 2 aromatic carbocycles. The number of hydrogen-bond acceptors (Lipinski definition) is 6. The topological polar surface area (TPSA) is 125 Å². The molecule has 2 aromatic rings. The summed E-state index contributed by atoms with van der Waals surface area (Å²) in [6.45, 7) is 5.32. The van der Waals surface area contributed by atoms with Gasteiger partial charge in [-0.1, -0.05) is 24.3 Å². The minimum absolute atomic E-state index is 0.116. The lowest BCUT2D eigenvalue weighted by molar-refractivity contribution is -0.137. The molecular weight excluding hydrogens is 563 g/mol. The molecule has 3 rings (SSSR count). The van der Waals surface area contributed by atoms with Crippen molar-refractivity contribution >= 4 is 35.6 Å². The van der Waals surface area contributed by atoms with Gasteiger partial charge < -0.3 is 25.4 Å². The average molecular weight is 596 g/mol. The normalized spacial score (nSPS) is 15.8. The van der Waals surface area contributed by atoms with Crippen LogP contribution in [0.1, 0.15) is 43.9 Å². The fraction of sp³-hybridized carbons (Fsp3) is 0.429. The maximum Gasteiger partial charge on any atom is 0.407 e. The summed E-state index contributed by atoms with van der Waals surface area (Å²) in [5.41, 5.74) is 0.256. The van der Waals surface area contributed by atoms with Gasteiger partial charge in [-0.2, -0.15) is 0 Å². The van der Waals surface area contributed by atoms with E-state index in [0.717, 1.165) is 5.56 Å². The number of nitrogens with zero attached hydrogens (tertiary/aromatic N) is 1. The maximum atomic E-state index is 14.4. The zero-order valence-electron chi connectivity index (χ0n) is 22.8. The second kappa shape index (κ2) is 13.7. The number of carboxylic acid groups (broad SMARTS) is 1. The Balaban J connectivity index is 1.67. The van der Waals surface area contributed by atoms with Gasteiger partial charge in [-0.05, 0) is 49.9 Å².